The molecular weight excluding hydrogens is 410 g/mol. The van der Waals surface area contributed by atoms with Gasteiger partial charge in [0.1, 0.15) is 0 Å². The van der Waals surface area contributed by atoms with Gasteiger partial charge in [-0.05, 0) is 46.4 Å². The first-order valence-corrected chi connectivity index (χ1v) is 12.0. The average Bonchev–Trinajstić information content (AvgIpc) is 3.17. The maximum Gasteiger partial charge on any atom is 0.219 e. The number of carbonyl (C=O) groups excluding carboxylic acids is 1. The largest absolute Gasteiger partial charge is 0.385 e. The van der Waals surface area contributed by atoms with Crippen molar-refractivity contribution in [3.8, 4) is 11.1 Å². The Kier molecular flexibility index (Phi) is 6.09. The fraction of sp³-hybridized carbons (Fsp3) is 0.138. The van der Waals surface area contributed by atoms with Crippen LogP contribution in [0.15, 0.2) is 103 Å². The third-order valence-electron chi connectivity index (χ3n) is 6.03. The average molecular weight is 436 g/mol. The van der Waals surface area contributed by atoms with Crippen LogP contribution in [0.4, 0.5) is 5.69 Å². The van der Waals surface area contributed by atoms with Crippen LogP contribution < -0.4 is 5.32 Å². The van der Waals surface area contributed by atoms with E-state index in [4.69, 9.17) is 0 Å². The van der Waals surface area contributed by atoms with Crippen molar-refractivity contribution < 1.29 is 4.79 Å². The van der Waals surface area contributed by atoms with Crippen molar-refractivity contribution in [3.05, 3.63) is 125 Å². The Balaban J connectivity index is 1.24. The van der Waals surface area contributed by atoms with Gasteiger partial charge in [0.15, 0.2) is 0 Å². The smallest absolute Gasteiger partial charge is 0.219 e. The summed E-state index contributed by atoms with van der Waals surface area (Å²) in [5.74, 6) is 1.00. The van der Waals surface area contributed by atoms with Crippen molar-refractivity contribution in [2.24, 2.45) is 0 Å². The summed E-state index contributed by atoms with van der Waals surface area (Å²) in [7, 11) is 0. The SMILES string of the molecule is O=C(SCC1c2ccccc2-c2ccccc21)c1cccc(NCCc2ccccc2)c1. The minimum atomic E-state index is 0.124. The van der Waals surface area contributed by atoms with Crippen LogP contribution >= 0.6 is 11.8 Å². The van der Waals surface area contributed by atoms with Crippen LogP contribution in [0.25, 0.3) is 11.1 Å². The highest BCUT2D eigenvalue weighted by Gasteiger charge is 2.28. The van der Waals surface area contributed by atoms with Gasteiger partial charge in [-0.1, -0.05) is 103 Å². The maximum absolute atomic E-state index is 13.0. The van der Waals surface area contributed by atoms with E-state index in [0.717, 1.165) is 30.0 Å². The van der Waals surface area contributed by atoms with Gasteiger partial charge in [0, 0.05) is 29.5 Å². The van der Waals surface area contributed by atoms with Gasteiger partial charge >= 0.3 is 0 Å². The highest BCUT2D eigenvalue weighted by Crippen LogP contribution is 2.45. The lowest BCUT2D eigenvalue weighted by atomic mass is 9.99. The van der Waals surface area contributed by atoms with Gasteiger partial charge in [-0.3, -0.25) is 4.79 Å². The second-order valence-electron chi connectivity index (χ2n) is 8.07. The lowest BCUT2D eigenvalue weighted by Gasteiger charge is -2.13. The van der Waals surface area contributed by atoms with Gasteiger partial charge in [0.05, 0.1) is 0 Å². The molecule has 0 unspecified atom stereocenters. The summed E-state index contributed by atoms with van der Waals surface area (Å²) in [5, 5.41) is 3.57. The highest BCUT2D eigenvalue weighted by atomic mass is 32.2. The molecule has 2 nitrogen and oxygen atoms in total. The van der Waals surface area contributed by atoms with E-state index >= 15 is 0 Å². The number of thioether (sulfide) groups is 1. The summed E-state index contributed by atoms with van der Waals surface area (Å²) in [6.07, 6.45) is 0.953. The quantitative estimate of drug-likeness (QED) is 0.338. The van der Waals surface area contributed by atoms with Crippen molar-refractivity contribution in [1.29, 1.82) is 0 Å². The molecule has 0 spiro atoms. The van der Waals surface area contributed by atoms with E-state index in [1.807, 2.05) is 30.3 Å². The molecule has 0 aromatic heterocycles. The molecule has 4 aromatic carbocycles. The predicted octanol–water partition coefficient (Wildman–Crippen LogP) is 7.03. The van der Waals surface area contributed by atoms with Gasteiger partial charge in [0.2, 0.25) is 5.12 Å². The summed E-state index contributed by atoms with van der Waals surface area (Å²) in [6.45, 7) is 0.838. The molecule has 0 heterocycles. The van der Waals surface area contributed by atoms with Crippen LogP contribution in [0.2, 0.25) is 0 Å². The van der Waals surface area contributed by atoms with E-state index in [1.54, 1.807) is 0 Å². The van der Waals surface area contributed by atoms with Crippen LogP contribution in [-0.2, 0) is 6.42 Å². The number of rotatable bonds is 7. The highest BCUT2D eigenvalue weighted by molar-refractivity contribution is 8.14. The Hall–Kier alpha value is -3.30. The molecule has 3 heteroatoms. The number of carbonyl (C=O) groups is 1. The Labute approximate surface area is 193 Å². The molecule has 0 saturated heterocycles. The summed E-state index contributed by atoms with van der Waals surface area (Å²) < 4.78 is 0. The molecule has 0 amide bonds. The first-order chi connectivity index (χ1) is 15.8. The van der Waals surface area contributed by atoms with Crippen LogP contribution in [-0.4, -0.2) is 17.4 Å². The van der Waals surface area contributed by atoms with E-state index in [0.29, 0.717) is 0 Å². The Morgan fingerprint density at radius 3 is 2.12 bits per heavy atom. The zero-order chi connectivity index (χ0) is 21.8. The summed E-state index contributed by atoms with van der Waals surface area (Å²) in [6, 6.07) is 35.4. The number of fused-ring (bicyclic) bond motifs is 3. The number of benzene rings is 4. The van der Waals surface area contributed by atoms with Gasteiger partial charge < -0.3 is 5.32 Å². The molecule has 0 radical (unpaired) electrons. The van der Waals surface area contributed by atoms with Crippen LogP contribution in [0.1, 0.15) is 33.0 Å². The standard InChI is InChI=1S/C29H25NOS/c31-29(22-11-8-12-23(19-22)30-18-17-21-9-2-1-3-10-21)32-20-28-26-15-6-4-13-24(26)25-14-5-7-16-27(25)28/h1-16,19,28,30H,17-18,20H2. The van der Waals surface area contributed by atoms with Crippen molar-refractivity contribution in [1.82, 2.24) is 0 Å². The van der Waals surface area contributed by atoms with Crippen molar-refractivity contribution in [2.45, 2.75) is 12.3 Å². The normalized spacial score (nSPS) is 12.2. The Morgan fingerprint density at radius 1 is 0.750 bits per heavy atom. The molecule has 0 aliphatic heterocycles. The fourth-order valence-corrected chi connectivity index (χ4v) is 5.40. The molecule has 0 fully saturated rings. The maximum atomic E-state index is 13.0. The molecule has 158 valence electrons. The molecule has 0 saturated carbocycles. The molecule has 5 rings (SSSR count). The van der Waals surface area contributed by atoms with Gasteiger partial charge in [-0.2, -0.15) is 0 Å². The Bertz CT molecular complexity index is 1190. The van der Waals surface area contributed by atoms with Crippen LogP contribution in [0.3, 0.4) is 0 Å². The zero-order valence-corrected chi connectivity index (χ0v) is 18.6. The Morgan fingerprint density at radius 2 is 1.41 bits per heavy atom. The van der Waals surface area contributed by atoms with Gasteiger partial charge in [-0.15, -0.1) is 0 Å². The van der Waals surface area contributed by atoms with Crippen molar-refractivity contribution >= 4 is 22.6 Å². The summed E-state index contributed by atoms with van der Waals surface area (Å²) in [4.78, 5) is 13.0. The molecule has 4 aromatic rings. The molecule has 1 aliphatic carbocycles. The lowest BCUT2D eigenvalue weighted by molar-refractivity contribution is 0.108. The van der Waals surface area contributed by atoms with E-state index in [2.05, 4.69) is 78.1 Å². The summed E-state index contributed by atoms with van der Waals surface area (Å²) >= 11 is 1.42. The number of anilines is 1. The molecule has 0 bridgehead atoms. The minimum Gasteiger partial charge on any atom is -0.385 e. The van der Waals surface area contributed by atoms with Crippen LogP contribution in [0.5, 0.6) is 0 Å². The lowest BCUT2D eigenvalue weighted by Crippen LogP contribution is -2.06. The van der Waals surface area contributed by atoms with E-state index < -0.39 is 0 Å². The summed E-state index contributed by atoms with van der Waals surface area (Å²) in [5.41, 5.74) is 8.29. The van der Waals surface area contributed by atoms with Crippen LogP contribution in [0, 0.1) is 0 Å². The number of hydrogen-bond acceptors (Lipinski definition) is 3. The van der Waals surface area contributed by atoms with Crippen molar-refractivity contribution in [3.63, 3.8) is 0 Å². The van der Waals surface area contributed by atoms with E-state index in [-0.39, 0.29) is 11.0 Å². The number of nitrogens with one attached hydrogen (secondary N) is 1. The van der Waals surface area contributed by atoms with Gasteiger partial charge in [0.25, 0.3) is 0 Å². The first-order valence-electron chi connectivity index (χ1n) is 11.0. The third kappa shape index (κ3) is 4.35. The molecule has 0 atom stereocenters. The monoisotopic (exact) mass is 435 g/mol. The topological polar surface area (TPSA) is 29.1 Å². The zero-order valence-electron chi connectivity index (χ0n) is 17.8. The van der Waals surface area contributed by atoms with Crippen molar-refractivity contribution in [2.75, 3.05) is 17.6 Å². The number of hydrogen-bond donors (Lipinski definition) is 1. The first kappa shape index (κ1) is 20.6. The van der Waals surface area contributed by atoms with E-state index in [1.165, 1.54) is 39.6 Å². The molecule has 1 aliphatic rings. The van der Waals surface area contributed by atoms with Gasteiger partial charge in [-0.25, -0.2) is 0 Å². The van der Waals surface area contributed by atoms with E-state index in [9.17, 15) is 4.79 Å². The second-order valence-corrected chi connectivity index (χ2v) is 9.06. The fourth-order valence-electron chi connectivity index (χ4n) is 4.43. The minimum absolute atomic E-state index is 0.124. The molecule has 32 heavy (non-hydrogen) atoms. The predicted molar refractivity (Wildman–Crippen MR) is 136 cm³/mol. The molecular formula is C29H25NOS. The third-order valence-corrected chi connectivity index (χ3v) is 7.03. The second kappa shape index (κ2) is 9.46. The molecule has 1 N–H and O–H groups in total.